The summed E-state index contributed by atoms with van der Waals surface area (Å²) in [5.74, 6) is 0. The Kier molecular flexibility index (Phi) is 6.85. The largest absolute Gasteiger partial charge is 0.396 e. The molecular formula is C20H32ClN3O. The van der Waals surface area contributed by atoms with Crippen molar-refractivity contribution in [2.24, 2.45) is 5.73 Å². The van der Waals surface area contributed by atoms with E-state index in [-0.39, 0.29) is 35.9 Å². The molecule has 0 aliphatic carbocycles. The van der Waals surface area contributed by atoms with Crippen molar-refractivity contribution in [3.05, 3.63) is 47.3 Å². The lowest BCUT2D eigenvalue weighted by molar-refractivity contribution is 0.276. The highest BCUT2D eigenvalue weighted by Gasteiger charge is 2.26. The lowest BCUT2D eigenvalue weighted by Gasteiger charge is -2.20. The smallest absolute Gasteiger partial charge is 0.0685 e. The van der Waals surface area contributed by atoms with Crippen molar-refractivity contribution >= 4 is 12.4 Å². The zero-order chi connectivity index (χ0) is 18.1. The molecule has 0 saturated carbocycles. The summed E-state index contributed by atoms with van der Waals surface area (Å²) in [6, 6.07) is 10.3. The van der Waals surface area contributed by atoms with E-state index < -0.39 is 0 Å². The van der Waals surface area contributed by atoms with E-state index in [1.807, 2.05) is 16.8 Å². The van der Waals surface area contributed by atoms with E-state index in [1.165, 1.54) is 5.69 Å². The van der Waals surface area contributed by atoms with Crippen LogP contribution in [0.2, 0.25) is 0 Å². The van der Waals surface area contributed by atoms with E-state index in [0.717, 1.165) is 16.9 Å². The van der Waals surface area contributed by atoms with Gasteiger partial charge in [0, 0.05) is 29.2 Å². The number of rotatable bonds is 4. The number of aliphatic hydroxyl groups excluding tert-OH is 1. The number of benzene rings is 1. The van der Waals surface area contributed by atoms with Crippen molar-refractivity contribution in [1.82, 2.24) is 9.78 Å². The minimum absolute atomic E-state index is 0. The maximum atomic E-state index is 9.04. The van der Waals surface area contributed by atoms with Gasteiger partial charge in [-0.15, -0.1) is 12.4 Å². The second-order valence-corrected chi connectivity index (χ2v) is 8.54. The van der Waals surface area contributed by atoms with E-state index in [9.17, 15) is 0 Å². The predicted molar refractivity (Wildman–Crippen MR) is 107 cm³/mol. The standard InChI is InChI=1S/C20H31N3O.ClH/c1-19(2,3)17-13-18(20(4,5)6)23(22-17)15-9-7-14(8-10-15)16(21)11-12-24;/h7-10,13,16,24H,11-12,21H2,1-6H3;1H. The van der Waals surface area contributed by atoms with Crippen molar-refractivity contribution in [1.29, 1.82) is 0 Å². The predicted octanol–water partition coefficient (Wildman–Crippen LogP) is 4.27. The molecule has 1 atom stereocenters. The van der Waals surface area contributed by atoms with Crippen LogP contribution >= 0.6 is 12.4 Å². The van der Waals surface area contributed by atoms with Gasteiger partial charge < -0.3 is 10.8 Å². The lowest BCUT2D eigenvalue weighted by atomic mass is 9.88. The van der Waals surface area contributed by atoms with Crippen LogP contribution in [0.3, 0.4) is 0 Å². The van der Waals surface area contributed by atoms with Gasteiger partial charge in [-0.3, -0.25) is 0 Å². The van der Waals surface area contributed by atoms with Gasteiger partial charge in [0.05, 0.1) is 11.4 Å². The Hall–Kier alpha value is -1.36. The topological polar surface area (TPSA) is 64.1 Å². The van der Waals surface area contributed by atoms with Crippen LogP contribution in [0.1, 0.15) is 71.0 Å². The number of hydrogen-bond acceptors (Lipinski definition) is 3. The maximum absolute atomic E-state index is 9.04. The number of aliphatic hydroxyl groups is 1. The first kappa shape index (κ1) is 21.7. The zero-order valence-corrected chi connectivity index (χ0v) is 17.0. The molecule has 25 heavy (non-hydrogen) atoms. The Morgan fingerprint density at radius 3 is 2.04 bits per heavy atom. The van der Waals surface area contributed by atoms with Crippen molar-refractivity contribution < 1.29 is 5.11 Å². The molecular weight excluding hydrogens is 334 g/mol. The second kappa shape index (κ2) is 7.90. The summed E-state index contributed by atoms with van der Waals surface area (Å²) in [7, 11) is 0. The molecule has 0 spiro atoms. The van der Waals surface area contributed by atoms with Gasteiger partial charge in [-0.1, -0.05) is 53.7 Å². The first-order valence-corrected chi connectivity index (χ1v) is 8.62. The molecule has 2 rings (SSSR count). The SMILES string of the molecule is CC(C)(C)c1cc(C(C)(C)C)n(-c2ccc(C(N)CCO)cc2)n1.Cl. The summed E-state index contributed by atoms with van der Waals surface area (Å²) in [6.07, 6.45) is 0.572. The van der Waals surface area contributed by atoms with Crippen LogP contribution in [-0.2, 0) is 10.8 Å². The van der Waals surface area contributed by atoms with Crippen LogP contribution in [0.25, 0.3) is 5.69 Å². The summed E-state index contributed by atoms with van der Waals surface area (Å²) in [6.45, 7) is 13.3. The van der Waals surface area contributed by atoms with E-state index in [1.54, 1.807) is 0 Å². The Labute approximate surface area is 157 Å². The van der Waals surface area contributed by atoms with Crippen LogP contribution in [0.15, 0.2) is 30.3 Å². The fourth-order valence-electron chi connectivity index (χ4n) is 2.65. The minimum Gasteiger partial charge on any atom is -0.396 e. The van der Waals surface area contributed by atoms with E-state index in [2.05, 4.69) is 59.7 Å². The van der Waals surface area contributed by atoms with Crippen molar-refractivity contribution in [2.75, 3.05) is 6.61 Å². The Bertz CT molecular complexity index is 678. The normalized spacial score (nSPS) is 13.4. The van der Waals surface area contributed by atoms with Gasteiger partial charge in [-0.2, -0.15) is 5.10 Å². The summed E-state index contributed by atoms with van der Waals surface area (Å²) in [5.41, 5.74) is 10.4. The summed E-state index contributed by atoms with van der Waals surface area (Å²) in [4.78, 5) is 0. The number of hydrogen-bond donors (Lipinski definition) is 2. The minimum atomic E-state index is -0.131. The highest BCUT2D eigenvalue weighted by atomic mass is 35.5. The molecule has 0 bridgehead atoms. The fourth-order valence-corrected chi connectivity index (χ4v) is 2.65. The number of aromatic nitrogens is 2. The van der Waals surface area contributed by atoms with Gasteiger partial charge in [0.15, 0.2) is 0 Å². The van der Waals surface area contributed by atoms with Gasteiger partial charge in [0.2, 0.25) is 0 Å². The molecule has 0 fully saturated rings. The van der Waals surface area contributed by atoms with E-state index in [0.29, 0.717) is 6.42 Å². The average Bonchev–Trinajstić information content (AvgIpc) is 2.93. The van der Waals surface area contributed by atoms with Gasteiger partial charge in [-0.25, -0.2) is 4.68 Å². The quantitative estimate of drug-likeness (QED) is 0.850. The molecule has 5 heteroatoms. The molecule has 1 heterocycles. The van der Waals surface area contributed by atoms with Gasteiger partial charge >= 0.3 is 0 Å². The third kappa shape index (κ3) is 5.06. The van der Waals surface area contributed by atoms with Gasteiger partial charge in [-0.05, 0) is 30.2 Å². The van der Waals surface area contributed by atoms with Crippen molar-refractivity contribution in [3.8, 4) is 5.69 Å². The zero-order valence-electron chi connectivity index (χ0n) is 16.2. The summed E-state index contributed by atoms with van der Waals surface area (Å²) >= 11 is 0. The van der Waals surface area contributed by atoms with Crippen LogP contribution in [0.5, 0.6) is 0 Å². The van der Waals surface area contributed by atoms with Gasteiger partial charge in [0.1, 0.15) is 0 Å². The second-order valence-electron chi connectivity index (χ2n) is 8.54. The summed E-state index contributed by atoms with van der Waals surface area (Å²) in [5, 5.41) is 13.9. The first-order chi connectivity index (χ1) is 11.0. The van der Waals surface area contributed by atoms with Crippen LogP contribution in [0.4, 0.5) is 0 Å². The van der Waals surface area contributed by atoms with Crippen molar-refractivity contribution in [3.63, 3.8) is 0 Å². The van der Waals surface area contributed by atoms with E-state index >= 15 is 0 Å². The molecule has 2 aromatic rings. The number of nitrogens with zero attached hydrogens (tertiary/aromatic N) is 2. The van der Waals surface area contributed by atoms with E-state index in [4.69, 9.17) is 15.9 Å². The van der Waals surface area contributed by atoms with Crippen LogP contribution in [-0.4, -0.2) is 21.5 Å². The summed E-state index contributed by atoms with van der Waals surface area (Å²) < 4.78 is 2.04. The Balaban J connectivity index is 0.00000312. The molecule has 0 aliphatic heterocycles. The molecule has 0 amide bonds. The number of halogens is 1. The first-order valence-electron chi connectivity index (χ1n) is 8.62. The van der Waals surface area contributed by atoms with Crippen LogP contribution in [0, 0.1) is 0 Å². The molecule has 140 valence electrons. The van der Waals surface area contributed by atoms with Crippen molar-refractivity contribution in [2.45, 2.75) is 64.8 Å². The Morgan fingerprint density at radius 2 is 1.60 bits per heavy atom. The van der Waals surface area contributed by atoms with Crippen LogP contribution < -0.4 is 5.73 Å². The molecule has 1 aromatic carbocycles. The molecule has 1 unspecified atom stereocenters. The third-order valence-electron chi connectivity index (χ3n) is 4.25. The lowest BCUT2D eigenvalue weighted by Crippen LogP contribution is -2.17. The molecule has 0 saturated heterocycles. The highest BCUT2D eigenvalue weighted by Crippen LogP contribution is 2.30. The molecule has 4 nitrogen and oxygen atoms in total. The fraction of sp³-hybridized carbons (Fsp3) is 0.550. The third-order valence-corrected chi connectivity index (χ3v) is 4.25. The monoisotopic (exact) mass is 365 g/mol. The highest BCUT2D eigenvalue weighted by molar-refractivity contribution is 5.85. The Morgan fingerprint density at radius 1 is 1.04 bits per heavy atom. The van der Waals surface area contributed by atoms with Gasteiger partial charge in [0.25, 0.3) is 0 Å². The molecule has 3 N–H and O–H groups in total. The maximum Gasteiger partial charge on any atom is 0.0685 e. The molecule has 1 aromatic heterocycles. The average molecular weight is 366 g/mol. The molecule has 0 aliphatic rings. The number of nitrogens with two attached hydrogens (primary N) is 1. The molecule has 0 radical (unpaired) electrons.